The molecule has 1 aliphatic rings. The van der Waals surface area contributed by atoms with Crippen LogP contribution in [0.1, 0.15) is 12.8 Å². The Morgan fingerprint density at radius 3 is 2.47 bits per heavy atom. The van der Waals surface area contributed by atoms with E-state index in [1.54, 1.807) is 17.0 Å². The van der Waals surface area contributed by atoms with Crippen LogP contribution in [0.3, 0.4) is 0 Å². The lowest BCUT2D eigenvalue weighted by atomic mass is 10.2. The number of amides is 1. The molecule has 3 rings (SSSR count). The van der Waals surface area contributed by atoms with Crippen molar-refractivity contribution in [2.45, 2.75) is 17.7 Å². The molecule has 0 N–H and O–H groups in total. The van der Waals surface area contributed by atoms with Crippen LogP contribution < -0.4 is 4.74 Å². The maximum Gasteiger partial charge on any atom is 0.243 e. The highest BCUT2D eigenvalue weighted by Crippen LogP contribution is 2.21. The maximum absolute atomic E-state index is 13.5. The van der Waals surface area contributed by atoms with E-state index in [0.717, 1.165) is 12.1 Å². The molecule has 0 atom stereocenters. The molecular weight excluding hydrogens is 438 g/mol. The van der Waals surface area contributed by atoms with E-state index in [4.69, 9.17) is 16.3 Å². The summed E-state index contributed by atoms with van der Waals surface area (Å²) in [5.41, 5.74) is 0. The molecule has 1 saturated heterocycles. The van der Waals surface area contributed by atoms with Crippen LogP contribution in [0, 0.1) is 11.6 Å². The zero-order valence-electron chi connectivity index (χ0n) is 16.1. The number of nitrogens with zero attached hydrogens (tertiary/aromatic N) is 2. The molecule has 10 heteroatoms. The van der Waals surface area contributed by atoms with Gasteiger partial charge >= 0.3 is 0 Å². The Morgan fingerprint density at radius 2 is 1.80 bits per heavy atom. The zero-order chi connectivity index (χ0) is 21.7. The van der Waals surface area contributed by atoms with Gasteiger partial charge in [-0.1, -0.05) is 17.7 Å². The van der Waals surface area contributed by atoms with E-state index in [1.165, 1.54) is 22.5 Å². The molecule has 2 aromatic carbocycles. The van der Waals surface area contributed by atoms with Gasteiger partial charge in [-0.2, -0.15) is 4.31 Å². The monoisotopic (exact) mass is 458 g/mol. The van der Waals surface area contributed by atoms with E-state index < -0.39 is 21.7 Å². The minimum absolute atomic E-state index is 0.0660. The van der Waals surface area contributed by atoms with Gasteiger partial charge in [-0.05, 0) is 36.8 Å². The van der Waals surface area contributed by atoms with Gasteiger partial charge in [-0.3, -0.25) is 4.79 Å². The highest BCUT2D eigenvalue weighted by Gasteiger charge is 2.30. The lowest BCUT2D eigenvalue weighted by molar-refractivity contribution is -0.132. The molecule has 30 heavy (non-hydrogen) atoms. The van der Waals surface area contributed by atoms with Crippen molar-refractivity contribution in [3.63, 3.8) is 0 Å². The highest BCUT2D eigenvalue weighted by molar-refractivity contribution is 7.89. The van der Waals surface area contributed by atoms with Crippen molar-refractivity contribution in [2.24, 2.45) is 0 Å². The van der Waals surface area contributed by atoms with Gasteiger partial charge in [0.05, 0.1) is 11.5 Å². The average Bonchev–Trinajstić information content (AvgIpc) is 2.72. The maximum atomic E-state index is 13.5. The first kappa shape index (κ1) is 22.5. The summed E-state index contributed by atoms with van der Waals surface area (Å²) in [6, 6.07) is 9.10. The minimum Gasteiger partial charge on any atom is -0.491 e. The minimum atomic E-state index is -3.66. The summed E-state index contributed by atoms with van der Waals surface area (Å²) in [6.45, 7) is 1.06. The van der Waals surface area contributed by atoms with Crippen molar-refractivity contribution in [1.29, 1.82) is 0 Å². The number of carbonyl (C=O) groups is 1. The second-order valence-electron chi connectivity index (χ2n) is 6.77. The van der Waals surface area contributed by atoms with Crippen molar-refractivity contribution >= 4 is 27.5 Å². The number of hydrogen-bond acceptors (Lipinski definition) is 4. The summed E-state index contributed by atoms with van der Waals surface area (Å²) < 4.78 is 58.4. The Morgan fingerprint density at radius 1 is 1.07 bits per heavy atom. The molecule has 0 aromatic heterocycles. The molecule has 0 aliphatic carbocycles. The van der Waals surface area contributed by atoms with E-state index in [-0.39, 0.29) is 55.8 Å². The summed E-state index contributed by atoms with van der Waals surface area (Å²) in [5, 5.41) is 0.340. The fourth-order valence-electron chi connectivity index (χ4n) is 3.11. The standard InChI is InChI=1S/C20H21ClF2N2O4S/c21-15-3-1-4-17(13-15)30(27,28)25-10-8-24(9-11-25)20(26)5-2-12-29-19-7-6-16(22)14-18(19)23/h1,3-4,6-7,13-14H,2,5,8-12H2. The Kier molecular flexibility index (Phi) is 7.27. The summed E-state index contributed by atoms with van der Waals surface area (Å²) in [7, 11) is -3.66. The van der Waals surface area contributed by atoms with Crippen LogP contribution in [-0.2, 0) is 14.8 Å². The molecule has 1 fully saturated rings. The number of sulfonamides is 1. The van der Waals surface area contributed by atoms with Gasteiger partial charge in [0.1, 0.15) is 5.82 Å². The molecule has 6 nitrogen and oxygen atoms in total. The molecule has 0 unspecified atom stereocenters. The van der Waals surface area contributed by atoms with Crippen molar-refractivity contribution in [3.05, 3.63) is 59.1 Å². The highest BCUT2D eigenvalue weighted by atomic mass is 35.5. The molecule has 1 amide bonds. The molecule has 1 aliphatic heterocycles. The molecule has 0 bridgehead atoms. The second-order valence-corrected chi connectivity index (χ2v) is 9.14. The summed E-state index contributed by atoms with van der Waals surface area (Å²) in [6.07, 6.45) is 0.542. The zero-order valence-corrected chi connectivity index (χ0v) is 17.6. The molecule has 0 saturated carbocycles. The third kappa shape index (κ3) is 5.47. The van der Waals surface area contributed by atoms with Crippen LogP contribution >= 0.6 is 11.6 Å². The predicted molar refractivity (Wildman–Crippen MR) is 108 cm³/mol. The molecule has 1 heterocycles. The number of halogens is 3. The lowest BCUT2D eigenvalue weighted by Gasteiger charge is -2.34. The lowest BCUT2D eigenvalue weighted by Crippen LogP contribution is -2.50. The first-order valence-electron chi connectivity index (χ1n) is 9.39. The second kappa shape index (κ2) is 9.72. The quantitative estimate of drug-likeness (QED) is 0.597. The first-order valence-corrected chi connectivity index (χ1v) is 11.2. The first-order chi connectivity index (χ1) is 14.3. The van der Waals surface area contributed by atoms with Crippen LogP contribution in [0.2, 0.25) is 5.02 Å². The third-order valence-electron chi connectivity index (χ3n) is 4.71. The van der Waals surface area contributed by atoms with E-state index in [0.29, 0.717) is 11.4 Å². The SMILES string of the molecule is O=C(CCCOc1ccc(F)cc1F)N1CCN(S(=O)(=O)c2cccc(Cl)c2)CC1. The van der Waals surface area contributed by atoms with Crippen molar-refractivity contribution in [1.82, 2.24) is 9.21 Å². The fraction of sp³-hybridized carbons (Fsp3) is 0.350. The van der Waals surface area contributed by atoms with E-state index >= 15 is 0 Å². The smallest absolute Gasteiger partial charge is 0.243 e. The van der Waals surface area contributed by atoms with Gasteiger partial charge in [0.25, 0.3) is 0 Å². The topological polar surface area (TPSA) is 66.9 Å². The predicted octanol–water partition coefficient (Wildman–Crippen LogP) is 3.31. The van der Waals surface area contributed by atoms with Gasteiger partial charge in [0, 0.05) is 43.7 Å². The summed E-state index contributed by atoms with van der Waals surface area (Å²) in [4.78, 5) is 14.1. The van der Waals surface area contributed by atoms with Gasteiger partial charge in [0.2, 0.25) is 15.9 Å². The van der Waals surface area contributed by atoms with Crippen LogP contribution in [0.5, 0.6) is 5.75 Å². The summed E-state index contributed by atoms with van der Waals surface area (Å²) >= 11 is 5.89. The van der Waals surface area contributed by atoms with E-state index in [1.807, 2.05) is 0 Å². The molecule has 0 radical (unpaired) electrons. The van der Waals surface area contributed by atoms with Crippen molar-refractivity contribution in [2.75, 3.05) is 32.8 Å². The number of benzene rings is 2. The van der Waals surface area contributed by atoms with Crippen LogP contribution in [0.15, 0.2) is 47.4 Å². The van der Waals surface area contributed by atoms with Crippen LogP contribution in [-0.4, -0.2) is 56.3 Å². The normalized spacial score (nSPS) is 15.2. The van der Waals surface area contributed by atoms with Gasteiger partial charge in [0.15, 0.2) is 11.6 Å². The Hall–Kier alpha value is -2.23. The number of piperazine rings is 1. The number of carbonyl (C=O) groups excluding carboxylic acids is 1. The van der Waals surface area contributed by atoms with Crippen molar-refractivity contribution in [3.8, 4) is 5.75 Å². The molecule has 2 aromatic rings. The largest absolute Gasteiger partial charge is 0.491 e. The van der Waals surface area contributed by atoms with Crippen molar-refractivity contribution < 1.29 is 26.7 Å². The fourth-order valence-corrected chi connectivity index (χ4v) is 4.83. The molecular formula is C20H21ClF2N2O4S. The Balaban J connectivity index is 1.45. The number of hydrogen-bond donors (Lipinski definition) is 0. The molecule has 162 valence electrons. The van der Waals surface area contributed by atoms with Gasteiger partial charge in [-0.25, -0.2) is 17.2 Å². The Labute approximate surface area is 179 Å². The van der Waals surface area contributed by atoms with Gasteiger partial charge in [-0.15, -0.1) is 0 Å². The summed E-state index contributed by atoms with van der Waals surface area (Å²) in [5.74, 6) is -1.67. The number of ether oxygens (including phenoxy) is 1. The van der Waals surface area contributed by atoms with Crippen LogP contribution in [0.4, 0.5) is 8.78 Å². The van der Waals surface area contributed by atoms with E-state index in [9.17, 15) is 22.0 Å². The number of rotatable bonds is 7. The molecule has 0 spiro atoms. The van der Waals surface area contributed by atoms with Gasteiger partial charge < -0.3 is 9.64 Å². The van der Waals surface area contributed by atoms with Crippen LogP contribution in [0.25, 0.3) is 0 Å². The Bertz CT molecular complexity index is 1010. The average molecular weight is 459 g/mol. The third-order valence-corrected chi connectivity index (χ3v) is 6.84. The van der Waals surface area contributed by atoms with E-state index in [2.05, 4.69) is 0 Å².